The minimum Gasteiger partial charge on any atom is -0.386 e. The molecule has 1 unspecified atom stereocenters. The number of hydrogen-bond acceptors (Lipinski definition) is 8. The minimum atomic E-state index is -3.81. The molecule has 1 aromatic carbocycles. The standard InChI is InChI=1S/C23H24FN7O2S/c1-22(2)21(26)30-23(3,13-31(4)34(22,32)33)17-10-16(5-6-18(17)24)29-20-19-15(7-8-27-20)9-14(11-25)12-28-19/h5-10,12H,13H2,1-4H3,(H2,26,30)(H,27,29). The molecule has 0 fully saturated rings. The molecule has 0 radical (unpaired) electrons. The van der Waals surface area contributed by atoms with Crippen LogP contribution >= 0.6 is 0 Å². The molecule has 34 heavy (non-hydrogen) atoms. The lowest BCUT2D eigenvalue weighted by molar-refractivity contribution is 0.355. The summed E-state index contributed by atoms with van der Waals surface area (Å²) in [6.07, 6.45) is 3.03. The zero-order valence-electron chi connectivity index (χ0n) is 19.2. The van der Waals surface area contributed by atoms with Crippen LogP contribution in [0.4, 0.5) is 15.9 Å². The van der Waals surface area contributed by atoms with Gasteiger partial charge in [0.05, 0.1) is 5.56 Å². The molecular formula is C23H24FN7O2S. The average molecular weight is 482 g/mol. The van der Waals surface area contributed by atoms with Crippen molar-refractivity contribution in [3.05, 3.63) is 59.7 Å². The van der Waals surface area contributed by atoms with E-state index in [4.69, 9.17) is 11.0 Å². The Kier molecular flexibility index (Phi) is 5.54. The fourth-order valence-corrected chi connectivity index (χ4v) is 5.50. The van der Waals surface area contributed by atoms with Crippen LogP contribution in [0.15, 0.2) is 47.7 Å². The zero-order chi connectivity index (χ0) is 24.9. The van der Waals surface area contributed by atoms with Crippen LogP contribution in [0.3, 0.4) is 0 Å². The molecule has 0 spiro atoms. The van der Waals surface area contributed by atoms with Gasteiger partial charge in [-0.15, -0.1) is 0 Å². The molecule has 0 saturated heterocycles. The quantitative estimate of drug-likeness (QED) is 0.586. The van der Waals surface area contributed by atoms with E-state index in [1.165, 1.54) is 37.5 Å². The number of aliphatic imine (C=N–C) groups is 1. The molecule has 0 saturated carbocycles. The van der Waals surface area contributed by atoms with Crippen LogP contribution in [-0.4, -0.2) is 46.9 Å². The number of nitrogens with two attached hydrogens (primary N) is 1. The molecule has 3 N–H and O–H groups in total. The van der Waals surface area contributed by atoms with Crippen molar-refractivity contribution in [1.82, 2.24) is 14.3 Å². The minimum absolute atomic E-state index is 0.0923. The SMILES string of the molecule is CN1CC(C)(c2cc(Nc3nccc4cc(C#N)cnc34)ccc2F)N=C(N)C(C)(C)S1(=O)=O. The molecule has 3 aromatic rings. The zero-order valence-corrected chi connectivity index (χ0v) is 20.0. The van der Waals surface area contributed by atoms with Crippen LogP contribution in [0.1, 0.15) is 31.9 Å². The fourth-order valence-electron chi connectivity index (χ4n) is 3.99. The third-order valence-corrected chi connectivity index (χ3v) is 8.56. The van der Waals surface area contributed by atoms with Gasteiger partial charge >= 0.3 is 0 Å². The van der Waals surface area contributed by atoms with Crippen LogP contribution in [0, 0.1) is 17.1 Å². The third-order valence-electron chi connectivity index (χ3n) is 6.11. The number of likely N-dealkylation sites (N-methyl/N-ethyl adjacent to an activating group) is 1. The van der Waals surface area contributed by atoms with Crippen LogP contribution in [0.25, 0.3) is 10.9 Å². The van der Waals surface area contributed by atoms with E-state index in [0.717, 1.165) is 5.39 Å². The lowest BCUT2D eigenvalue weighted by Gasteiger charge is -2.29. The highest BCUT2D eigenvalue weighted by molar-refractivity contribution is 7.91. The molecule has 9 nitrogen and oxygen atoms in total. The number of halogens is 1. The lowest BCUT2D eigenvalue weighted by Crippen LogP contribution is -2.50. The summed E-state index contributed by atoms with van der Waals surface area (Å²) in [4.78, 5) is 13.2. The number of nitrogens with one attached hydrogen (secondary N) is 1. The maximum atomic E-state index is 15.1. The van der Waals surface area contributed by atoms with Gasteiger partial charge in [-0.3, -0.25) is 9.98 Å². The third kappa shape index (κ3) is 3.74. The van der Waals surface area contributed by atoms with Gasteiger partial charge in [0.2, 0.25) is 10.0 Å². The van der Waals surface area contributed by atoms with Crippen LogP contribution in [0.2, 0.25) is 0 Å². The first-order valence-electron chi connectivity index (χ1n) is 10.4. The van der Waals surface area contributed by atoms with Crippen molar-refractivity contribution in [3.63, 3.8) is 0 Å². The monoisotopic (exact) mass is 481 g/mol. The van der Waals surface area contributed by atoms with E-state index in [1.54, 1.807) is 37.4 Å². The van der Waals surface area contributed by atoms with E-state index in [-0.39, 0.29) is 17.9 Å². The first kappa shape index (κ1) is 23.5. The number of nitriles is 1. The molecule has 1 aliphatic rings. The summed E-state index contributed by atoms with van der Waals surface area (Å²) in [5, 5.41) is 13.0. The summed E-state index contributed by atoms with van der Waals surface area (Å²) in [5.41, 5.74) is 6.51. The smallest absolute Gasteiger partial charge is 0.226 e. The molecular weight excluding hydrogens is 457 g/mol. The topological polar surface area (TPSA) is 137 Å². The van der Waals surface area contributed by atoms with Crippen LogP contribution in [-0.2, 0) is 15.6 Å². The second kappa shape index (κ2) is 8.00. The van der Waals surface area contributed by atoms with Gasteiger partial charge in [-0.05, 0) is 51.1 Å². The maximum Gasteiger partial charge on any atom is 0.226 e. The molecule has 4 rings (SSSR count). The first-order valence-corrected chi connectivity index (χ1v) is 11.9. The van der Waals surface area contributed by atoms with Gasteiger partial charge in [0.15, 0.2) is 5.82 Å². The van der Waals surface area contributed by atoms with Crippen molar-refractivity contribution < 1.29 is 12.8 Å². The van der Waals surface area contributed by atoms with Crippen molar-refractivity contribution in [1.29, 1.82) is 5.26 Å². The largest absolute Gasteiger partial charge is 0.386 e. The van der Waals surface area contributed by atoms with Crippen molar-refractivity contribution in [2.75, 3.05) is 18.9 Å². The van der Waals surface area contributed by atoms with Gasteiger partial charge in [-0.2, -0.15) is 5.26 Å². The molecule has 1 aliphatic heterocycles. The number of benzene rings is 1. The molecule has 1 atom stereocenters. The number of nitrogens with zero attached hydrogens (tertiary/aromatic N) is 5. The summed E-state index contributed by atoms with van der Waals surface area (Å²) >= 11 is 0. The summed E-state index contributed by atoms with van der Waals surface area (Å²) in [5.74, 6) is -0.211. The van der Waals surface area contributed by atoms with Crippen LogP contribution < -0.4 is 11.1 Å². The van der Waals surface area contributed by atoms with E-state index in [9.17, 15) is 8.42 Å². The highest BCUT2D eigenvalue weighted by Crippen LogP contribution is 2.37. The van der Waals surface area contributed by atoms with Gasteiger partial charge in [0.1, 0.15) is 33.5 Å². The number of fused-ring (bicyclic) bond motifs is 1. The number of sulfonamides is 1. The number of anilines is 2. The Hall–Kier alpha value is -3.62. The van der Waals surface area contributed by atoms with Crippen molar-refractivity contribution >= 4 is 38.3 Å². The maximum absolute atomic E-state index is 15.1. The Labute approximate surface area is 197 Å². The van der Waals surface area contributed by atoms with E-state index in [1.807, 2.05) is 0 Å². The van der Waals surface area contributed by atoms with E-state index in [0.29, 0.717) is 22.6 Å². The summed E-state index contributed by atoms with van der Waals surface area (Å²) < 4.78 is 40.8. The summed E-state index contributed by atoms with van der Waals surface area (Å²) in [6, 6.07) is 9.89. The van der Waals surface area contributed by atoms with Gasteiger partial charge in [-0.1, -0.05) is 0 Å². The Morgan fingerprint density at radius 1 is 1.21 bits per heavy atom. The average Bonchev–Trinajstić information content (AvgIpc) is 2.83. The highest BCUT2D eigenvalue weighted by atomic mass is 32.2. The number of amidine groups is 1. The highest BCUT2D eigenvalue weighted by Gasteiger charge is 2.48. The first-order chi connectivity index (χ1) is 15.9. The number of aromatic nitrogens is 2. The van der Waals surface area contributed by atoms with Gasteiger partial charge in [-0.25, -0.2) is 22.1 Å². The van der Waals surface area contributed by atoms with Gasteiger partial charge in [0.25, 0.3) is 0 Å². The van der Waals surface area contributed by atoms with Gasteiger partial charge in [0, 0.05) is 42.6 Å². The van der Waals surface area contributed by atoms with E-state index < -0.39 is 26.1 Å². The van der Waals surface area contributed by atoms with Crippen molar-refractivity contribution in [2.45, 2.75) is 31.1 Å². The fraction of sp³-hybridized carbons (Fsp3) is 0.304. The Morgan fingerprint density at radius 2 is 1.94 bits per heavy atom. The Bertz CT molecular complexity index is 1480. The molecule has 11 heteroatoms. The number of hydrogen-bond donors (Lipinski definition) is 2. The van der Waals surface area contributed by atoms with E-state index >= 15 is 4.39 Å². The van der Waals surface area contributed by atoms with Crippen molar-refractivity contribution in [3.8, 4) is 6.07 Å². The predicted molar refractivity (Wildman–Crippen MR) is 129 cm³/mol. The summed E-state index contributed by atoms with van der Waals surface area (Å²) in [7, 11) is -2.37. The Morgan fingerprint density at radius 3 is 2.65 bits per heavy atom. The molecule has 3 heterocycles. The van der Waals surface area contributed by atoms with E-state index in [2.05, 4.69) is 26.3 Å². The predicted octanol–water partition coefficient (Wildman–Crippen LogP) is 3.01. The molecule has 2 aromatic heterocycles. The van der Waals surface area contributed by atoms with Crippen LogP contribution in [0.5, 0.6) is 0 Å². The second-order valence-corrected chi connectivity index (χ2v) is 11.5. The molecule has 0 bridgehead atoms. The lowest BCUT2D eigenvalue weighted by atomic mass is 9.91. The molecule has 0 aliphatic carbocycles. The molecule has 176 valence electrons. The number of rotatable bonds is 3. The number of pyridine rings is 2. The normalized spacial score (nSPS) is 21.9. The van der Waals surface area contributed by atoms with Gasteiger partial charge < -0.3 is 11.1 Å². The second-order valence-electron chi connectivity index (χ2n) is 8.93. The molecule has 0 amide bonds. The Balaban J connectivity index is 1.79. The summed E-state index contributed by atoms with van der Waals surface area (Å²) in [6.45, 7) is 4.52. The van der Waals surface area contributed by atoms with Crippen molar-refractivity contribution in [2.24, 2.45) is 10.7 Å².